The molecule has 0 saturated carbocycles. The van der Waals surface area contributed by atoms with E-state index in [1.807, 2.05) is 25.1 Å². The van der Waals surface area contributed by atoms with Gasteiger partial charge in [0.05, 0.1) is 17.4 Å². The summed E-state index contributed by atoms with van der Waals surface area (Å²) < 4.78 is 1.49. The van der Waals surface area contributed by atoms with Crippen molar-refractivity contribution in [3.8, 4) is 5.69 Å². The summed E-state index contributed by atoms with van der Waals surface area (Å²) in [6.45, 7) is 1.99. The van der Waals surface area contributed by atoms with E-state index in [1.165, 1.54) is 11.0 Å². The molecule has 0 aliphatic rings. The maximum atomic E-state index is 11.9. The van der Waals surface area contributed by atoms with Gasteiger partial charge in [-0.2, -0.15) is 4.68 Å². The Morgan fingerprint density at radius 3 is 2.95 bits per heavy atom. The Labute approximate surface area is 110 Å². The molecule has 2 aromatic rings. The minimum absolute atomic E-state index is 0.206. The Morgan fingerprint density at radius 1 is 1.47 bits per heavy atom. The lowest BCUT2D eigenvalue weighted by Gasteiger charge is -2.13. The summed E-state index contributed by atoms with van der Waals surface area (Å²) in [7, 11) is 0. The summed E-state index contributed by atoms with van der Waals surface area (Å²) in [5.41, 5.74) is 7.11. The number of benzene rings is 1. The van der Waals surface area contributed by atoms with Crippen molar-refractivity contribution in [3.63, 3.8) is 0 Å². The first-order valence-electron chi connectivity index (χ1n) is 6.11. The van der Waals surface area contributed by atoms with Gasteiger partial charge in [-0.15, -0.1) is 5.10 Å². The summed E-state index contributed by atoms with van der Waals surface area (Å²) in [6.07, 6.45) is 2.99. The van der Waals surface area contributed by atoms with Gasteiger partial charge in [0.2, 0.25) is 5.91 Å². The van der Waals surface area contributed by atoms with E-state index in [0.717, 1.165) is 6.42 Å². The number of anilines is 1. The second-order valence-corrected chi connectivity index (χ2v) is 4.16. The van der Waals surface area contributed by atoms with Crippen LogP contribution >= 0.6 is 0 Å². The van der Waals surface area contributed by atoms with Gasteiger partial charge in [-0.1, -0.05) is 25.5 Å². The largest absolute Gasteiger partial charge is 0.323 e. The average molecular weight is 260 g/mol. The van der Waals surface area contributed by atoms with Crippen LogP contribution in [0.15, 0.2) is 30.6 Å². The van der Waals surface area contributed by atoms with Crippen LogP contribution in [0.2, 0.25) is 0 Å². The Morgan fingerprint density at radius 2 is 2.26 bits per heavy atom. The normalized spacial score (nSPS) is 12.1. The zero-order chi connectivity index (χ0) is 13.7. The summed E-state index contributed by atoms with van der Waals surface area (Å²) in [5, 5.41) is 13.8. The van der Waals surface area contributed by atoms with Crippen molar-refractivity contribution in [2.24, 2.45) is 5.73 Å². The Kier molecular flexibility index (Phi) is 4.19. The highest BCUT2D eigenvalue weighted by atomic mass is 16.2. The molecular formula is C12H16N6O. The van der Waals surface area contributed by atoms with Crippen LogP contribution in [0.3, 0.4) is 0 Å². The predicted octanol–water partition coefficient (Wildman–Crippen LogP) is 0.728. The molecule has 1 atom stereocenters. The van der Waals surface area contributed by atoms with Crippen LogP contribution in [0.4, 0.5) is 5.69 Å². The molecule has 1 amide bonds. The molecule has 1 aromatic heterocycles. The lowest BCUT2D eigenvalue weighted by molar-refractivity contribution is -0.117. The molecule has 7 heteroatoms. The van der Waals surface area contributed by atoms with E-state index < -0.39 is 6.04 Å². The quantitative estimate of drug-likeness (QED) is 0.825. The van der Waals surface area contributed by atoms with E-state index in [0.29, 0.717) is 17.8 Å². The van der Waals surface area contributed by atoms with Crippen LogP contribution in [-0.2, 0) is 4.79 Å². The van der Waals surface area contributed by atoms with Gasteiger partial charge in [0.25, 0.3) is 0 Å². The molecular weight excluding hydrogens is 244 g/mol. The van der Waals surface area contributed by atoms with E-state index in [2.05, 4.69) is 20.8 Å². The first-order valence-corrected chi connectivity index (χ1v) is 6.11. The fourth-order valence-electron chi connectivity index (χ4n) is 1.72. The third kappa shape index (κ3) is 3.14. The van der Waals surface area contributed by atoms with Gasteiger partial charge in [-0.25, -0.2) is 0 Å². The zero-order valence-corrected chi connectivity index (χ0v) is 10.7. The number of carbonyl (C=O) groups excluding carboxylic acids is 1. The number of nitrogens with zero attached hydrogens (tertiary/aromatic N) is 4. The van der Waals surface area contributed by atoms with E-state index >= 15 is 0 Å². The number of nitrogens with one attached hydrogen (secondary N) is 1. The SMILES string of the molecule is CCCC(N)C(=O)Nc1ccccc1-n1cnnn1. The predicted molar refractivity (Wildman–Crippen MR) is 70.7 cm³/mol. The second-order valence-electron chi connectivity index (χ2n) is 4.16. The number of tetrazole rings is 1. The molecule has 1 unspecified atom stereocenters. The van der Waals surface area contributed by atoms with Gasteiger partial charge in [-0.05, 0) is 29.0 Å². The van der Waals surface area contributed by atoms with Crippen LogP contribution < -0.4 is 11.1 Å². The summed E-state index contributed by atoms with van der Waals surface area (Å²) >= 11 is 0. The van der Waals surface area contributed by atoms with Gasteiger partial charge in [-0.3, -0.25) is 4.79 Å². The maximum absolute atomic E-state index is 11.9. The van der Waals surface area contributed by atoms with Crippen LogP contribution in [0, 0.1) is 0 Å². The number of hydrogen-bond acceptors (Lipinski definition) is 5. The number of para-hydroxylation sites is 2. The van der Waals surface area contributed by atoms with Gasteiger partial charge >= 0.3 is 0 Å². The van der Waals surface area contributed by atoms with Crippen molar-refractivity contribution in [2.45, 2.75) is 25.8 Å². The highest BCUT2D eigenvalue weighted by Crippen LogP contribution is 2.18. The van der Waals surface area contributed by atoms with Crippen molar-refractivity contribution in [1.82, 2.24) is 20.2 Å². The van der Waals surface area contributed by atoms with Crippen molar-refractivity contribution in [2.75, 3.05) is 5.32 Å². The highest BCUT2D eigenvalue weighted by molar-refractivity contribution is 5.96. The molecule has 0 aliphatic heterocycles. The molecule has 0 spiro atoms. The molecule has 3 N–H and O–H groups in total. The van der Waals surface area contributed by atoms with Crippen LogP contribution in [-0.4, -0.2) is 32.2 Å². The lowest BCUT2D eigenvalue weighted by Crippen LogP contribution is -2.35. The van der Waals surface area contributed by atoms with E-state index in [1.54, 1.807) is 6.07 Å². The molecule has 0 saturated heterocycles. The second kappa shape index (κ2) is 6.05. The molecule has 19 heavy (non-hydrogen) atoms. The topological polar surface area (TPSA) is 98.7 Å². The zero-order valence-electron chi connectivity index (χ0n) is 10.7. The summed E-state index contributed by atoms with van der Waals surface area (Å²) in [6, 6.07) is 6.77. The van der Waals surface area contributed by atoms with Crippen molar-refractivity contribution in [3.05, 3.63) is 30.6 Å². The van der Waals surface area contributed by atoms with Crippen LogP contribution in [0.5, 0.6) is 0 Å². The molecule has 0 bridgehead atoms. The summed E-state index contributed by atoms with van der Waals surface area (Å²) in [4.78, 5) is 11.9. The molecule has 2 rings (SSSR count). The fourth-order valence-corrected chi connectivity index (χ4v) is 1.72. The maximum Gasteiger partial charge on any atom is 0.241 e. The average Bonchev–Trinajstić information content (AvgIpc) is 2.93. The smallest absolute Gasteiger partial charge is 0.241 e. The number of carbonyl (C=O) groups is 1. The van der Waals surface area contributed by atoms with E-state index in [9.17, 15) is 4.79 Å². The number of nitrogens with two attached hydrogens (primary N) is 1. The highest BCUT2D eigenvalue weighted by Gasteiger charge is 2.14. The van der Waals surface area contributed by atoms with Crippen molar-refractivity contribution in [1.29, 1.82) is 0 Å². The van der Waals surface area contributed by atoms with Crippen LogP contribution in [0.1, 0.15) is 19.8 Å². The Bertz CT molecular complexity index is 539. The molecule has 0 fully saturated rings. The number of rotatable bonds is 5. The molecule has 100 valence electrons. The fraction of sp³-hybridized carbons (Fsp3) is 0.333. The van der Waals surface area contributed by atoms with Crippen LogP contribution in [0.25, 0.3) is 5.69 Å². The minimum atomic E-state index is -0.507. The summed E-state index contributed by atoms with van der Waals surface area (Å²) in [5.74, 6) is -0.206. The van der Waals surface area contributed by atoms with E-state index in [4.69, 9.17) is 5.73 Å². The minimum Gasteiger partial charge on any atom is -0.323 e. The number of hydrogen-bond donors (Lipinski definition) is 2. The van der Waals surface area contributed by atoms with E-state index in [-0.39, 0.29) is 5.91 Å². The Balaban J connectivity index is 2.19. The van der Waals surface area contributed by atoms with Crippen molar-refractivity contribution >= 4 is 11.6 Å². The monoisotopic (exact) mass is 260 g/mol. The van der Waals surface area contributed by atoms with Gasteiger partial charge in [0.1, 0.15) is 6.33 Å². The first-order chi connectivity index (χ1) is 9.22. The number of amides is 1. The molecule has 0 aliphatic carbocycles. The van der Waals surface area contributed by atoms with Crippen molar-refractivity contribution < 1.29 is 4.79 Å². The third-order valence-corrected chi connectivity index (χ3v) is 2.69. The van der Waals surface area contributed by atoms with Gasteiger partial charge in [0, 0.05) is 0 Å². The molecule has 1 heterocycles. The Hall–Kier alpha value is -2.28. The first kappa shape index (κ1) is 13.2. The molecule has 1 aromatic carbocycles. The molecule has 7 nitrogen and oxygen atoms in total. The van der Waals surface area contributed by atoms with Gasteiger partial charge < -0.3 is 11.1 Å². The van der Waals surface area contributed by atoms with Gasteiger partial charge in [0.15, 0.2) is 0 Å². The standard InChI is InChI=1S/C12H16N6O/c1-2-5-9(13)12(19)15-10-6-3-4-7-11(10)18-8-14-16-17-18/h3-4,6-9H,2,5,13H2,1H3,(H,15,19). The number of aromatic nitrogens is 4. The third-order valence-electron chi connectivity index (χ3n) is 2.69. The lowest BCUT2D eigenvalue weighted by atomic mass is 10.1. The molecule has 0 radical (unpaired) electrons.